The van der Waals surface area contributed by atoms with E-state index in [1.54, 1.807) is 0 Å². The van der Waals surface area contributed by atoms with Gasteiger partial charge in [0.1, 0.15) is 0 Å². The van der Waals surface area contributed by atoms with Crippen molar-refractivity contribution >= 4 is 21.8 Å². The maximum atomic E-state index is 12.9. The summed E-state index contributed by atoms with van der Waals surface area (Å²) in [4.78, 5) is 19.7. The van der Waals surface area contributed by atoms with Gasteiger partial charge in [0.15, 0.2) is 0 Å². The molecule has 1 aromatic heterocycles. The van der Waals surface area contributed by atoms with Gasteiger partial charge in [-0.1, -0.05) is 65.3 Å². The third kappa shape index (κ3) is 5.91. The second-order valence-corrected chi connectivity index (χ2v) is 9.56. The lowest BCUT2D eigenvalue weighted by Crippen LogP contribution is -2.45. The lowest BCUT2D eigenvalue weighted by Gasteiger charge is -2.32. The minimum absolute atomic E-state index is 0.0525. The van der Waals surface area contributed by atoms with E-state index in [9.17, 15) is 4.79 Å². The van der Waals surface area contributed by atoms with Crippen molar-refractivity contribution in [1.29, 1.82) is 0 Å². The molecule has 1 aromatic carbocycles. The molecule has 2 aromatic rings. The Morgan fingerprint density at radius 2 is 1.93 bits per heavy atom. The van der Waals surface area contributed by atoms with Crippen LogP contribution in [-0.4, -0.2) is 40.1 Å². The number of hydrogen-bond donors (Lipinski definition) is 1. The first-order chi connectivity index (χ1) is 14.7. The molecule has 1 unspecified atom stereocenters. The van der Waals surface area contributed by atoms with Gasteiger partial charge >= 0.3 is 0 Å². The van der Waals surface area contributed by atoms with Crippen LogP contribution < -0.4 is 5.32 Å². The van der Waals surface area contributed by atoms with Crippen LogP contribution in [0.1, 0.15) is 63.7 Å². The number of hydrogen-bond acceptors (Lipinski definition) is 5. The molecule has 2 fully saturated rings. The fourth-order valence-corrected chi connectivity index (χ4v) is 4.99. The van der Waals surface area contributed by atoms with E-state index in [1.807, 2.05) is 24.3 Å². The Balaban J connectivity index is 1.31. The fraction of sp³-hybridized carbons (Fsp3) is 0.609. The standard InChI is InChI=1S/C23H31BrN4O2/c24-19-10-6-8-17(14-19)22-26-21(30-27-22)16-28-13-7-9-18(15-28)23(29)25-20-11-4-2-1-3-5-12-20/h6,8,10,14,18,20H,1-5,7,9,11-13,15-16H2,(H,25,29). The van der Waals surface area contributed by atoms with E-state index in [-0.39, 0.29) is 11.8 Å². The number of rotatable bonds is 5. The zero-order chi connectivity index (χ0) is 20.8. The molecular weight excluding hydrogens is 444 g/mol. The molecule has 1 N–H and O–H groups in total. The average molecular weight is 475 g/mol. The van der Waals surface area contributed by atoms with E-state index >= 15 is 0 Å². The molecule has 1 saturated heterocycles. The van der Waals surface area contributed by atoms with Crippen LogP contribution in [0.5, 0.6) is 0 Å². The van der Waals surface area contributed by atoms with Gasteiger partial charge in [0.2, 0.25) is 17.6 Å². The summed E-state index contributed by atoms with van der Waals surface area (Å²) in [5, 5.41) is 7.48. The molecule has 1 atom stereocenters. The smallest absolute Gasteiger partial charge is 0.241 e. The first-order valence-corrected chi connectivity index (χ1v) is 12.1. The van der Waals surface area contributed by atoms with Crippen molar-refractivity contribution in [3.63, 3.8) is 0 Å². The van der Waals surface area contributed by atoms with Gasteiger partial charge in [0.05, 0.1) is 12.5 Å². The normalized spacial score (nSPS) is 21.7. The number of likely N-dealkylation sites (tertiary alicyclic amines) is 1. The molecular formula is C23H31BrN4O2. The van der Waals surface area contributed by atoms with Crippen molar-refractivity contribution in [3.8, 4) is 11.4 Å². The highest BCUT2D eigenvalue weighted by Gasteiger charge is 2.28. The number of nitrogens with one attached hydrogen (secondary N) is 1. The van der Waals surface area contributed by atoms with Gasteiger partial charge in [-0.05, 0) is 44.4 Å². The third-order valence-corrected chi connectivity index (χ3v) is 6.73. The summed E-state index contributed by atoms with van der Waals surface area (Å²) in [6.45, 7) is 2.31. The van der Waals surface area contributed by atoms with Crippen LogP contribution in [-0.2, 0) is 11.3 Å². The number of carbonyl (C=O) groups is 1. The highest BCUT2D eigenvalue weighted by molar-refractivity contribution is 9.10. The summed E-state index contributed by atoms with van der Waals surface area (Å²) in [5.74, 6) is 1.48. The lowest BCUT2D eigenvalue weighted by atomic mass is 9.94. The Labute approximate surface area is 186 Å². The van der Waals surface area contributed by atoms with Crippen LogP contribution in [0.3, 0.4) is 0 Å². The molecule has 1 amide bonds. The Morgan fingerprint density at radius 3 is 2.73 bits per heavy atom. The van der Waals surface area contributed by atoms with Crippen molar-refractivity contribution in [2.45, 2.75) is 70.4 Å². The summed E-state index contributed by atoms with van der Waals surface area (Å²) in [5.41, 5.74) is 0.925. The van der Waals surface area contributed by atoms with E-state index in [0.717, 1.165) is 48.8 Å². The van der Waals surface area contributed by atoms with Gasteiger partial charge in [-0.25, -0.2) is 0 Å². The van der Waals surface area contributed by atoms with Crippen LogP contribution in [0.25, 0.3) is 11.4 Å². The monoisotopic (exact) mass is 474 g/mol. The summed E-state index contributed by atoms with van der Waals surface area (Å²) in [7, 11) is 0. The number of carbonyl (C=O) groups excluding carboxylic acids is 1. The predicted molar refractivity (Wildman–Crippen MR) is 120 cm³/mol. The zero-order valence-electron chi connectivity index (χ0n) is 17.5. The Bertz CT molecular complexity index is 832. The molecule has 4 rings (SSSR count). The molecule has 6 nitrogen and oxygen atoms in total. The van der Waals surface area contributed by atoms with E-state index in [4.69, 9.17) is 4.52 Å². The van der Waals surface area contributed by atoms with Crippen LogP contribution in [0.2, 0.25) is 0 Å². The molecule has 162 valence electrons. The number of benzene rings is 1. The SMILES string of the molecule is O=C(NC1CCCCCCC1)C1CCCN(Cc2nc(-c3cccc(Br)c3)no2)C1. The summed E-state index contributed by atoms with van der Waals surface area (Å²) >= 11 is 3.48. The number of aromatic nitrogens is 2. The van der Waals surface area contributed by atoms with E-state index in [1.165, 1.54) is 32.1 Å². The third-order valence-electron chi connectivity index (χ3n) is 6.24. The van der Waals surface area contributed by atoms with Crippen molar-refractivity contribution in [1.82, 2.24) is 20.4 Å². The molecule has 0 radical (unpaired) electrons. The average Bonchev–Trinajstić information content (AvgIpc) is 3.18. The highest BCUT2D eigenvalue weighted by Crippen LogP contribution is 2.23. The number of nitrogens with zero attached hydrogens (tertiary/aromatic N) is 3. The molecule has 0 spiro atoms. The van der Waals surface area contributed by atoms with Gasteiger partial charge in [-0.15, -0.1) is 0 Å². The van der Waals surface area contributed by atoms with Crippen LogP contribution in [0.4, 0.5) is 0 Å². The van der Waals surface area contributed by atoms with E-state index in [2.05, 4.69) is 36.3 Å². The van der Waals surface area contributed by atoms with Gasteiger partial charge in [-0.3, -0.25) is 9.69 Å². The summed E-state index contributed by atoms with van der Waals surface area (Å²) < 4.78 is 6.47. The van der Waals surface area contributed by atoms with Crippen LogP contribution in [0, 0.1) is 5.92 Å². The topological polar surface area (TPSA) is 71.3 Å². The van der Waals surface area contributed by atoms with Gasteiger partial charge < -0.3 is 9.84 Å². The fourth-order valence-electron chi connectivity index (χ4n) is 4.59. The predicted octanol–water partition coefficient (Wildman–Crippen LogP) is 4.94. The van der Waals surface area contributed by atoms with Crippen molar-refractivity contribution < 1.29 is 9.32 Å². The molecule has 2 heterocycles. The van der Waals surface area contributed by atoms with E-state index in [0.29, 0.717) is 24.3 Å². The second kappa shape index (κ2) is 10.5. The molecule has 1 saturated carbocycles. The minimum atomic E-state index is 0.0525. The maximum Gasteiger partial charge on any atom is 0.241 e. The Hall–Kier alpha value is -1.73. The molecule has 30 heavy (non-hydrogen) atoms. The summed E-state index contributed by atoms with van der Waals surface area (Å²) in [6, 6.07) is 8.23. The van der Waals surface area contributed by atoms with Crippen molar-refractivity contribution in [3.05, 3.63) is 34.6 Å². The number of amides is 1. The van der Waals surface area contributed by atoms with Gasteiger partial charge in [-0.2, -0.15) is 4.98 Å². The molecule has 1 aliphatic heterocycles. The van der Waals surface area contributed by atoms with Gasteiger partial charge in [0.25, 0.3) is 0 Å². The minimum Gasteiger partial charge on any atom is -0.353 e. The van der Waals surface area contributed by atoms with Gasteiger partial charge in [0, 0.05) is 22.6 Å². The molecule has 2 aliphatic rings. The first-order valence-electron chi connectivity index (χ1n) is 11.3. The van der Waals surface area contributed by atoms with Crippen molar-refractivity contribution in [2.24, 2.45) is 5.92 Å². The summed E-state index contributed by atoms with van der Waals surface area (Å²) in [6.07, 6.45) is 10.7. The zero-order valence-corrected chi connectivity index (χ0v) is 19.1. The Morgan fingerprint density at radius 1 is 1.13 bits per heavy atom. The molecule has 7 heteroatoms. The molecule has 1 aliphatic carbocycles. The van der Waals surface area contributed by atoms with Crippen molar-refractivity contribution in [2.75, 3.05) is 13.1 Å². The number of halogens is 1. The van der Waals surface area contributed by atoms with E-state index < -0.39 is 0 Å². The second-order valence-electron chi connectivity index (χ2n) is 8.65. The van der Waals surface area contributed by atoms with Crippen LogP contribution >= 0.6 is 15.9 Å². The quantitative estimate of drug-likeness (QED) is 0.664. The highest BCUT2D eigenvalue weighted by atomic mass is 79.9. The largest absolute Gasteiger partial charge is 0.353 e. The lowest BCUT2D eigenvalue weighted by molar-refractivity contribution is -0.127. The molecule has 0 bridgehead atoms. The first kappa shape index (κ1) is 21.5. The number of piperidine rings is 1. The van der Waals surface area contributed by atoms with Crippen LogP contribution in [0.15, 0.2) is 33.3 Å². The maximum absolute atomic E-state index is 12.9. The Kier molecular flexibility index (Phi) is 7.55.